The number of methoxy groups -OCH3 is 1. The van der Waals surface area contributed by atoms with Crippen molar-refractivity contribution >= 4 is 42.0 Å². The zero-order chi connectivity index (χ0) is 19.9. The molecule has 2 unspecified atom stereocenters. The molecule has 0 aliphatic carbocycles. The average molecular weight is 498 g/mol. The smallest absolute Gasteiger partial charge is 0.410 e. The standard InChI is InChI=1S/C18H34N4O4.HI/c1-8-21(17(24)26-18(3,4)5)10-9-20-16(19-6)22-11-13(2)14(12-22)15(23)25-7;/h13-14H,8-12H2,1-7H3,(H,19,20);1H. The molecule has 27 heavy (non-hydrogen) atoms. The van der Waals surface area contributed by atoms with Crippen molar-refractivity contribution in [3.05, 3.63) is 0 Å². The molecule has 1 fully saturated rings. The van der Waals surface area contributed by atoms with Gasteiger partial charge in [-0.05, 0) is 33.6 Å². The van der Waals surface area contributed by atoms with Crippen molar-refractivity contribution in [1.82, 2.24) is 15.1 Å². The Morgan fingerprint density at radius 3 is 2.41 bits per heavy atom. The van der Waals surface area contributed by atoms with E-state index in [1.807, 2.05) is 34.6 Å². The first-order valence-electron chi connectivity index (χ1n) is 9.14. The van der Waals surface area contributed by atoms with Crippen molar-refractivity contribution < 1.29 is 19.1 Å². The molecule has 0 bridgehead atoms. The lowest BCUT2D eigenvalue weighted by Crippen LogP contribution is -2.45. The first-order valence-corrected chi connectivity index (χ1v) is 9.14. The number of amides is 1. The highest BCUT2D eigenvalue weighted by molar-refractivity contribution is 14.0. The van der Waals surface area contributed by atoms with Crippen molar-refractivity contribution in [2.24, 2.45) is 16.8 Å². The molecule has 0 radical (unpaired) electrons. The molecule has 0 aromatic carbocycles. The van der Waals surface area contributed by atoms with E-state index in [2.05, 4.69) is 15.2 Å². The van der Waals surface area contributed by atoms with Crippen molar-refractivity contribution in [3.63, 3.8) is 0 Å². The van der Waals surface area contributed by atoms with Crippen molar-refractivity contribution in [1.29, 1.82) is 0 Å². The Hall–Kier alpha value is -1.26. The molecule has 1 saturated heterocycles. The van der Waals surface area contributed by atoms with E-state index in [0.717, 1.165) is 12.5 Å². The number of rotatable bonds is 5. The lowest BCUT2D eigenvalue weighted by molar-refractivity contribution is -0.146. The van der Waals surface area contributed by atoms with E-state index < -0.39 is 5.60 Å². The molecule has 1 aliphatic rings. The maximum absolute atomic E-state index is 12.2. The number of likely N-dealkylation sites (tertiary alicyclic amines) is 1. The molecule has 2 atom stereocenters. The van der Waals surface area contributed by atoms with E-state index in [0.29, 0.717) is 26.2 Å². The number of nitrogens with one attached hydrogen (secondary N) is 1. The minimum absolute atomic E-state index is 0. The predicted octanol–water partition coefficient (Wildman–Crippen LogP) is 2.18. The maximum atomic E-state index is 12.2. The van der Waals surface area contributed by atoms with E-state index in [9.17, 15) is 9.59 Å². The zero-order valence-corrected chi connectivity index (χ0v) is 19.9. The quantitative estimate of drug-likeness (QED) is 0.271. The summed E-state index contributed by atoms with van der Waals surface area (Å²) in [4.78, 5) is 32.0. The van der Waals surface area contributed by atoms with Crippen LogP contribution in [0.25, 0.3) is 0 Å². The van der Waals surface area contributed by atoms with Crippen LogP contribution in [0.2, 0.25) is 0 Å². The summed E-state index contributed by atoms with van der Waals surface area (Å²) in [7, 11) is 3.13. The van der Waals surface area contributed by atoms with Gasteiger partial charge in [-0.2, -0.15) is 0 Å². The Balaban J connectivity index is 0.00000676. The van der Waals surface area contributed by atoms with Gasteiger partial charge in [-0.25, -0.2) is 4.79 Å². The Bertz CT molecular complexity index is 522. The van der Waals surface area contributed by atoms with Gasteiger partial charge in [-0.1, -0.05) is 6.92 Å². The molecule has 9 heteroatoms. The van der Waals surface area contributed by atoms with E-state index >= 15 is 0 Å². The second-order valence-corrected chi connectivity index (χ2v) is 7.55. The SMILES string of the molecule is CCN(CCNC(=NC)N1CC(C)C(C(=O)OC)C1)C(=O)OC(C)(C)C.I. The fourth-order valence-corrected chi connectivity index (χ4v) is 2.94. The van der Waals surface area contributed by atoms with Crippen molar-refractivity contribution in [2.75, 3.05) is 46.9 Å². The Kier molecular flexibility index (Phi) is 11.0. The molecule has 1 amide bonds. The molecule has 0 saturated carbocycles. The molecule has 0 spiro atoms. The first kappa shape index (κ1) is 25.7. The highest BCUT2D eigenvalue weighted by atomic mass is 127. The normalized spacial score (nSPS) is 20.0. The third kappa shape index (κ3) is 8.10. The van der Waals surface area contributed by atoms with Crippen LogP contribution < -0.4 is 5.32 Å². The third-order valence-corrected chi connectivity index (χ3v) is 4.33. The topological polar surface area (TPSA) is 83.5 Å². The van der Waals surface area contributed by atoms with Gasteiger partial charge in [0.05, 0.1) is 13.0 Å². The number of nitrogens with zero attached hydrogens (tertiary/aromatic N) is 3. The zero-order valence-electron chi connectivity index (χ0n) is 17.6. The molecule has 1 rings (SSSR count). The van der Waals surface area contributed by atoms with E-state index in [1.165, 1.54) is 7.11 Å². The minimum atomic E-state index is -0.511. The van der Waals surface area contributed by atoms with Crippen LogP contribution in [0.3, 0.4) is 0 Å². The molecule has 1 N–H and O–H groups in total. The largest absolute Gasteiger partial charge is 0.469 e. The average Bonchev–Trinajstić information content (AvgIpc) is 2.94. The van der Waals surface area contributed by atoms with Gasteiger partial charge < -0.3 is 24.6 Å². The molecule has 0 aromatic rings. The summed E-state index contributed by atoms with van der Waals surface area (Å²) in [6, 6.07) is 0. The predicted molar refractivity (Wildman–Crippen MR) is 117 cm³/mol. The van der Waals surface area contributed by atoms with Gasteiger partial charge in [-0.15, -0.1) is 24.0 Å². The number of guanidine groups is 1. The van der Waals surface area contributed by atoms with Gasteiger partial charge in [0.1, 0.15) is 5.60 Å². The highest BCUT2D eigenvalue weighted by Crippen LogP contribution is 2.24. The van der Waals surface area contributed by atoms with Crippen LogP contribution >= 0.6 is 24.0 Å². The van der Waals surface area contributed by atoms with Crippen LogP contribution in [0.4, 0.5) is 4.79 Å². The lowest BCUT2D eigenvalue weighted by atomic mass is 9.99. The monoisotopic (exact) mass is 498 g/mol. The Morgan fingerprint density at radius 1 is 1.30 bits per heavy atom. The summed E-state index contributed by atoms with van der Waals surface area (Å²) in [6.07, 6.45) is -0.322. The second kappa shape index (κ2) is 11.6. The number of carbonyl (C=O) groups is 2. The number of hydrogen-bond donors (Lipinski definition) is 1. The van der Waals surface area contributed by atoms with Crippen LogP contribution in [0.15, 0.2) is 4.99 Å². The summed E-state index contributed by atoms with van der Waals surface area (Å²) >= 11 is 0. The molecule has 1 aliphatic heterocycles. The lowest BCUT2D eigenvalue weighted by Gasteiger charge is -2.27. The van der Waals surface area contributed by atoms with Gasteiger partial charge >= 0.3 is 12.1 Å². The number of aliphatic imine (C=N–C) groups is 1. The molecule has 8 nitrogen and oxygen atoms in total. The van der Waals surface area contributed by atoms with E-state index in [1.54, 1.807) is 11.9 Å². The van der Waals surface area contributed by atoms with Gasteiger partial charge in [0.25, 0.3) is 0 Å². The van der Waals surface area contributed by atoms with Gasteiger partial charge in [0.15, 0.2) is 5.96 Å². The minimum Gasteiger partial charge on any atom is -0.469 e. The third-order valence-electron chi connectivity index (χ3n) is 4.33. The van der Waals surface area contributed by atoms with Gasteiger partial charge in [0.2, 0.25) is 0 Å². The maximum Gasteiger partial charge on any atom is 0.410 e. The van der Waals surface area contributed by atoms with Crippen LogP contribution in [-0.2, 0) is 14.3 Å². The fraction of sp³-hybridized carbons (Fsp3) is 0.833. The Labute approximate surface area is 180 Å². The number of ether oxygens (including phenoxy) is 2. The van der Waals surface area contributed by atoms with Crippen LogP contribution in [-0.4, -0.2) is 80.3 Å². The summed E-state index contributed by atoms with van der Waals surface area (Å²) in [5, 5.41) is 3.27. The fourth-order valence-electron chi connectivity index (χ4n) is 2.94. The summed E-state index contributed by atoms with van der Waals surface area (Å²) < 4.78 is 10.3. The number of carbonyl (C=O) groups excluding carboxylic acids is 2. The first-order chi connectivity index (χ1) is 12.1. The van der Waals surface area contributed by atoms with Crippen molar-refractivity contribution in [2.45, 2.75) is 40.2 Å². The van der Waals surface area contributed by atoms with Gasteiger partial charge in [0, 0.05) is 39.8 Å². The number of likely N-dealkylation sites (N-methyl/N-ethyl adjacent to an activating group) is 1. The van der Waals surface area contributed by atoms with Gasteiger partial charge in [-0.3, -0.25) is 9.79 Å². The molecular formula is C18H35IN4O4. The van der Waals surface area contributed by atoms with Crippen LogP contribution in [0.1, 0.15) is 34.6 Å². The highest BCUT2D eigenvalue weighted by Gasteiger charge is 2.36. The number of halogens is 1. The molecule has 1 heterocycles. The number of esters is 1. The van der Waals surface area contributed by atoms with E-state index in [-0.39, 0.29) is 47.9 Å². The second-order valence-electron chi connectivity index (χ2n) is 7.55. The van der Waals surface area contributed by atoms with Crippen LogP contribution in [0, 0.1) is 11.8 Å². The molecule has 0 aromatic heterocycles. The summed E-state index contributed by atoms with van der Waals surface area (Å²) in [6.45, 7) is 12.5. The van der Waals surface area contributed by atoms with Crippen molar-refractivity contribution in [3.8, 4) is 0 Å². The van der Waals surface area contributed by atoms with Crippen LogP contribution in [0.5, 0.6) is 0 Å². The summed E-state index contributed by atoms with van der Waals surface area (Å²) in [5.41, 5.74) is -0.511. The molecule has 158 valence electrons. The Morgan fingerprint density at radius 2 is 1.93 bits per heavy atom. The molecular weight excluding hydrogens is 463 g/mol. The summed E-state index contributed by atoms with van der Waals surface area (Å²) in [5.74, 6) is 0.600. The number of hydrogen-bond acceptors (Lipinski definition) is 5. The van der Waals surface area contributed by atoms with E-state index in [4.69, 9.17) is 9.47 Å².